The Balaban J connectivity index is 4.22. The van der Waals surface area contributed by atoms with Crippen molar-refractivity contribution in [3.63, 3.8) is 0 Å². The van der Waals surface area contributed by atoms with Crippen LogP contribution in [-0.2, 0) is 4.79 Å². The number of nitrogens with zero attached hydrogens (tertiary/aromatic N) is 3. The van der Waals surface area contributed by atoms with Gasteiger partial charge in [-0.05, 0) is 6.42 Å². The molecule has 0 heterocycles. The molecule has 0 aliphatic rings. The van der Waals surface area contributed by atoms with Gasteiger partial charge in [-0.2, -0.15) is 0 Å². The van der Waals surface area contributed by atoms with E-state index in [9.17, 15) is 4.79 Å². The van der Waals surface area contributed by atoms with Gasteiger partial charge in [0.05, 0.1) is 55.4 Å². The maximum atomic E-state index is 12.7. The summed E-state index contributed by atoms with van der Waals surface area (Å²) in [6, 6.07) is 0. The van der Waals surface area contributed by atoms with E-state index in [4.69, 9.17) is 0 Å². The van der Waals surface area contributed by atoms with Gasteiger partial charge in [0.15, 0.2) is 0 Å². The molecular weight excluding hydrogens is 322 g/mol. The van der Waals surface area contributed by atoms with Crippen molar-refractivity contribution in [3.8, 4) is 0 Å². The highest BCUT2D eigenvalue weighted by Crippen LogP contribution is 2.10. The van der Waals surface area contributed by atoms with E-state index in [2.05, 4.69) is 54.1 Å². The highest BCUT2D eigenvalue weighted by atomic mass is 16.2. The minimum atomic E-state index is 0.376. The van der Waals surface area contributed by atoms with Gasteiger partial charge in [-0.25, -0.2) is 0 Å². The Morgan fingerprint density at radius 1 is 0.654 bits per heavy atom. The first-order valence-electron chi connectivity index (χ1n) is 10.9. The van der Waals surface area contributed by atoms with E-state index in [0.29, 0.717) is 5.91 Å². The van der Waals surface area contributed by atoms with Gasteiger partial charge in [-0.3, -0.25) is 4.79 Å². The molecule has 0 radical (unpaired) electrons. The zero-order chi connectivity index (χ0) is 20.1. The molecule has 0 spiro atoms. The summed E-state index contributed by atoms with van der Waals surface area (Å²) in [5.74, 6) is 0.376. The molecule has 26 heavy (non-hydrogen) atoms. The molecule has 0 atom stereocenters. The number of rotatable bonds is 16. The van der Waals surface area contributed by atoms with Crippen LogP contribution in [0.5, 0.6) is 0 Å². The van der Waals surface area contributed by atoms with Gasteiger partial charge in [0.25, 0.3) is 0 Å². The van der Waals surface area contributed by atoms with E-state index in [1.165, 1.54) is 38.5 Å². The Morgan fingerprint density at radius 3 is 1.50 bits per heavy atom. The van der Waals surface area contributed by atoms with Gasteiger partial charge >= 0.3 is 0 Å². The minimum absolute atomic E-state index is 0.376. The standard InChI is InChI=1S/C22H49N3O/c1-8-9-10-11-12-13-14-17-22(26)23(18-15-20-24(2,3)4)19-16-21-25(5,6)7/h8-21H2,1-7H3/q+2. The third-order valence-corrected chi connectivity index (χ3v) is 4.86. The third-order valence-electron chi connectivity index (χ3n) is 4.86. The summed E-state index contributed by atoms with van der Waals surface area (Å²) in [7, 11) is 13.3. The fraction of sp³-hybridized carbons (Fsp3) is 0.955. The summed E-state index contributed by atoms with van der Waals surface area (Å²) in [6.07, 6.45) is 11.8. The molecule has 0 saturated heterocycles. The molecule has 1 amide bonds. The van der Waals surface area contributed by atoms with E-state index in [-0.39, 0.29) is 0 Å². The molecule has 0 N–H and O–H groups in total. The predicted octanol–water partition coefficient (Wildman–Crippen LogP) is 4.15. The molecule has 156 valence electrons. The first-order valence-corrected chi connectivity index (χ1v) is 10.9. The fourth-order valence-electron chi connectivity index (χ4n) is 3.22. The Hall–Kier alpha value is -0.610. The summed E-state index contributed by atoms with van der Waals surface area (Å²) in [4.78, 5) is 14.8. The van der Waals surface area contributed by atoms with Crippen LogP contribution in [0.4, 0.5) is 0 Å². The highest BCUT2D eigenvalue weighted by molar-refractivity contribution is 5.76. The minimum Gasteiger partial charge on any atom is -0.342 e. The number of hydrogen-bond acceptors (Lipinski definition) is 1. The predicted molar refractivity (Wildman–Crippen MR) is 114 cm³/mol. The maximum Gasteiger partial charge on any atom is 0.222 e. The molecular formula is C22H49N3O+2. The topological polar surface area (TPSA) is 20.3 Å². The molecule has 0 aromatic carbocycles. The average Bonchev–Trinajstić information content (AvgIpc) is 2.50. The Bertz CT molecular complexity index is 335. The molecule has 0 aliphatic heterocycles. The Morgan fingerprint density at radius 2 is 1.08 bits per heavy atom. The number of hydrogen-bond donors (Lipinski definition) is 0. The van der Waals surface area contributed by atoms with E-state index in [1.807, 2.05) is 0 Å². The first-order chi connectivity index (χ1) is 12.0. The van der Waals surface area contributed by atoms with Crippen LogP contribution >= 0.6 is 0 Å². The Labute approximate surface area is 164 Å². The van der Waals surface area contributed by atoms with Crippen LogP contribution in [0.1, 0.15) is 71.1 Å². The van der Waals surface area contributed by atoms with Gasteiger partial charge < -0.3 is 13.9 Å². The fourth-order valence-corrected chi connectivity index (χ4v) is 3.22. The monoisotopic (exact) mass is 371 g/mol. The van der Waals surface area contributed by atoms with Crippen LogP contribution in [0, 0.1) is 0 Å². The summed E-state index contributed by atoms with van der Waals surface area (Å²) in [5.41, 5.74) is 0. The average molecular weight is 372 g/mol. The number of unbranched alkanes of at least 4 members (excludes halogenated alkanes) is 6. The lowest BCUT2D eigenvalue weighted by molar-refractivity contribution is -0.870. The number of carbonyl (C=O) groups is 1. The van der Waals surface area contributed by atoms with Gasteiger partial charge in [0.2, 0.25) is 5.91 Å². The van der Waals surface area contributed by atoms with Gasteiger partial charge in [0.1, 0.15) is 0 Å². The maximum absolute atomic E-state index is 12.7. The lowest BCUT2D eigenvalue weighted by Crippen LogP contribution is -2.41. The van der Waals surface area contributed by atoms with Crippen molar-refractivity contribution in [2.45, 2.75) is 71.1 Å². The summed E-state index contributed by atoms with van der Waals surface area (Å²) >= 11 is 0. The number of carbonyl (C=O) groups excluding carboxylic acids is 1. The summed E-state index contributed by atoms with van der Waals surface area (Å²) < 4.78 is 1.94. The Kier molecular flexibility index (Phi) is 13.2. The SMILES string of the molecule is CCCCCCCCCC(=O)N(CCC[N+](C)(C)C)CCC[N+](C)(C)C. The lowest BCUT2D eigenvalue weighted by Gasteiger charge is -2.29. The van der Waals surface area contributed by atoms with Crippen molar-refractivity contribution >= 4 is 5.91 Å². The second-order valence-corrected chi connectivity index (χ2v) is 9.99. The zero-order valence-electron chi connectivity index (χ0n) is 19.1. The largest absolute Gasteiger partial charge is 0.342 e. The second kappa shape index (κ2) is 13.5. The molecule has 0 fully saturated rings. The smallest absolute Gasteiger partial charge is 0.222 e. The number of quaternary nitrogens is 2. The van der Waals surface area contributed by atoms with Crippen LogP contribution in [0.25, 0.3) is 0 Å². The molecule has 0 unspecified atom stereocenters. The van der Waals surface area contributed by atoms with E-state index in [1.54, 1.807) is 0 Å². The van der Waals surface area contributed by atoms with Crippen LogP contribution in [-0.4, -0.2) is 88.2 Å². The number of amides is 1. The van der Waals surface area contributed by atoms with Crippen molar-refractivity contribution in [2.75, 3.05) is 68.5 Å². The highest BCUT2D eigenvalue weighted by Gasteiger charge is 2.16. The van der Waals surface area contributed by atoms with Crippen LogP contribution < -0.4 is 0 Å². The molecule has 0 saturated carbocycles. The zero-order valence-corrected chi connectivity index (χ0v) is 19.1. The van der Waals surface area contributed by atoms with Crippen LogP contribution in [0.15, 0.2) is 0 Å². The van der Waals surface area contributed by atoms with E-state index < -0.39 is 0 Å². The molecule has 0 rings (SSSR count). The van der Waals surface area contributed by atoms with Gasteiger partial charge in [0, 0.05) is 32.4 Å². The summed E-state index contributed by atoms with van der Waals surface area (Å²) in [6.45, 7) is 6.33. The van der Waals surface area contributed by atoms with Crippen molar-refractivity contribution in [1.82, 2.24) is 4.90 Å². The quantitative estimate of drug-likeness (QED) is 0.295. The molecule has 0 aliphatic carbocycles. The molecule has 0 aromatic heterocycles. The van der Waals surface area contributed by atoms with Crippen molar-refractivity contribution in [3.05, 3.63) is 0 Å². The normalized spacial score (nSPS) is 12.4. The molecule has 0 bridgehead atoms. The van der Waals surface area contributed by atoms with Crippen molar-refractivity contribution in [2.24, 2.45) is 0 Å². The third kappa shape index (κ3) is 16.8. The molecule has 0 aromatic rings. The van der Waals surface area contributed by atoms with Crippen molar-refractivity contribution in [1.29, 1.82) is 0 Å². The van der Waals surface area contributed by atoms with Crippen LogP contribution in [0.2, 0.25) is 0 Å². The first kappa shape index (κ1) is 25.4. The van der Waals surface area contributed by atoms with Crippen LogP contribution in [0.3, 0.4) is 0 Å². The summed E-state index contributed by atoms with van der Waals surface area (Å²) in [5, 5.41) is 0. The van der Waals surface area contributed by atoms with E-state index >= 15 is 0 Å². The lowest BCUT2D eigenvalue weighted by atomic mass is 10.1. The second-order valence-electron chi connectivity index (χ2n) is 9.99. The van der Waals surface area contributed by atoms with E-state index in [0.717, 1.165) is 60.8 Å². The van der Waals surface area contributed by atoms with Gasteiger partial charge in [-0.1, -0.05) is 45.4 Å². The molecule has 4 heteroatoms. The van der Waals surface area contributed by atoms with Crippen molar-refractivity contribution < 1.29 is 13.8 Å². The van der Waals surface area contributed by atoms with Gasteiger partial charge in [-0.15, -0.1) is 0 Å². The molecule has 4 nitrogen and oxygen atoms in total.